The Balaban J connectivity index is 2.02. The van der Waals surface area contributed by atoms with Crippen LogP contribution in [0.1, 0.15) is 40.0 Å². The summed E-state index contributed by atoms with van der Waals surface area (Å²) in [6.07, 6.45) is 0.307. The number of ether oxygens (including phenoxy) is 2. The second-order valence-corrected chi connectivity index (χ2v) is 7.64. The largest absolute Gasteiger partial charge is 0.480 e. The van der Waals surface area contributed by atoms with Crippen molar-refractivity contribution in [2.75, 3.05) is 39.5 Å². The Morgan fingerprint density at radius 3 is 2.26 bits per heavy atom. The van der Waals surface area contributed by atoms with Crippen LogP contribution in [0.4, 0.5) is 0 Å². The number of hydrogen-bond acceptors (Lipinski definition) is 7. The molecule has 3 N–H and O–H groups in total. The number of carbonyl (C=O) groups is 5. The van der Waals surface area contributed by atoms with Crippen molar-refractivity contribution >= 4 is 29.6 Å². The van der Waals surface area contributed by atoms with Gasteiger partial charge in [0.05, 0.1) is 26.4 Å². The highest BCUT2D eigenvalue weighted by molar-refractivity contribution is 6.03. The summed E-state index contributed by atoms with van der Waals surface area (Å²) >= 11 is 0. The van der Waals surface area contributed by atoms with E-state index in [1.165, 1.54) is 11.8 Å². The van der Waals surface area contributed by atoms with Crippen molar-refractivity contribution in [1.29, 1.82) is 0 Å². The lowest BCUT2D eigenvalue weighted by Gasteiger charge is -2.16. The van der Waals surface area contributed by atoms with E-state index < -0.39 is 17.9 Å². The Kier molecular flexibility index (Phi) is 11.7. The van der Waals surface area contributed by atoms with Gasteiger partial charge in [-0.1, -0.05) is 13.8 Å². The molecule has 2 unspecified atom stereocenters. The predicted octanol–water partition coefficient (Wildman–Crippen LogP) is -0.464. The van der Waals surface area contributed by atoms with Gasteiger partial charge in [0.15, 0.2) is 0 Å². The highest BCUT2D eigenvalue weighted by Gasteiger charge is 2.39. The zero-order valence-corrected chi connectivity index (χ0v) is 18.3. The highest BCUT2D eigenvalue weighted by Crippen LogP contribution is 2.26. The second kappa shape index (κ2) is 13.7. The van der Waals surface area contributed by atoms with Crippen LogP contribution in [0.25, 0.3) is 0 Å². The van der Waals surface area contributed by atoms with E-state index in [0.717, 1.165) is 0 Å². The molecule has 1 heterocycles. The van der Waals surface area contributed by atoms with Crippen molar-refractivity contribution in [1.82, 2.24) is 15.5 Å². The molecule has 0 radical (unpaired) electrons. The van der Waals surface area contributed by atoms with E-state index in [1.807, 2.05) is 13.8 Å². The number of carboxylic acids is 1. The highest BCUT2D eigenvalue weighted by atomic mass is 16.5. The van der Waals surface area contributed by atoms with Gasteiger partial charge in [0, 0.05) is 38.3 Å². The zero-order chi connectivity index (χ0) is 23.4. The average Bonchev–Trinajstić information content (AvgIpc) is 2.98. The summed E-state index contributed by atoms with van der Waals surface area (Å²) in [6, 6.07) is -0.945. The fourth-order valence-corrected chi connectivity index (χ4v) is 2.89. The number of rotatable bonds is 15. The molecule has 0 spiro atoms. The third-order valence-electron chi connectivity index (χ3n) is 4.81. The molecule has 0 saturated carbocycles. The summed E-state index contributed by atoms with van der Waals surface area (Å²) in [4.78, 5) is 59.2. The smallest absolute Gasteiger partial charge is 0.325 e. The van der Waals surface area contributed by atoms with Gasteiger partial charge in [0.25, 0.3) is 0 Å². The van der Waals surface area contributed by atoms with Gasteiger partial charge in [0.1, 0.15) is 6.04 Å². The van der Waals surface area contributed by atoms with Crippen LogP contribution < -0.4 is 10.6 Å². The lowest BCUT2D eigenvalue weighted by molar-refractivity contribution is -0.141. The maximum atomic E-state index is 12.2. The molecule has 0 aromatic carbocycles. The van der Waals surface area contributed by atoms with E-state index in [4.69, 9.17) is 14.6 Å². The summed E-state index contributed by atoms with van der Waals surface area (Å²) in [5.74, 6) is -2.42. The molecule has 0 aromatic heterocycles. The Morgan fingerprint density at radius 1 is 1.03 bits per heavy atom. The number of amides is 4. The number of nitrogens with zero attached hydrogens (tertiary/aromatic N) is 1. The lowest BCUT2D eigenvalue weighted by Crippen LogP contribution is -2.38. The molecule has 31 heavy (non-hydrogen) atoms. The molecule has 1 aliphatic rings. The minimum atomic E-state index is -1.10. The minimum absolute atomic E-state index is 0.0492. The molecule has 2 atom stereocenters. The summed E-state index contributed by atoms with van der Waals surface area (Å²) in [6.45, 7) is 6.48. The van der Waals surface area contributed by atoms with E-state index in [-0.39, 0.29) is 88.3 Å². The molecule has 4 amide bonds. The van der Waals surface area contributed by atoms with E-state index in [1.54, 1.807) is 0 Å². The first-order valence-corrected chi connectivity index (χ1v) is 10.4. The molecule has 0 aromatic rings. The second-order valence-electron chi connectivity index (χ2n) is 7.64. The van der Waals surface area contributed by atoms with E-state index in [2.05, 4.69) is 10.6 Å². The third-order valence-corrected chi connectivity index (χ3v) is 4.81. The van der Waals surface area contributed by atoms with E-state index in [0.29, 0.717) is 0 Å². The van der Waals surface area contributed by atoms with Crippen molar-refractivity contribution in [3.8, 4) is 0 Å². The van der Waals surface area contributed by atoms with Gasteiger partial charge in [-0.25, -0.2) is 0 Å². The topological polar surface area (TPSA) is 151 Å². The van der Waals surface area contributed by atoms with Crippen LogP contribution in [0, 0.1) is 11.8 Å². The Bertz CT molecular complexity index is 652. The first-order valence-electron chi connectivity index (χ1n) is 10.4. The van der Waals surface area contributed by atoms with Gasteiger partial charge >= 0.3 is 5.97 Å². The fourth-order valence-electron chi connectivity index (χ4n) is 2.89. The van der Waals surface area contributed by atoms with Gasteiger partial charge < -0.3 is 25.2 Å². The van der Waals surface area contributed by atoms with Crippen LogP contribution in [0.5, 0.6) is 0 Å². The zero-order valence-electron chi connectivity index (χ0n) is 18.3. The molecule has 0 bridgehead atoms. The normalized spacial score (nSPS) is 17.2. The summed E-state index contributed by atoms with van der Waals surface area (Å²) in [5.41, 5.74) is 0. The van der Waals surface area contributed by atoms with E-state index in [9.17, 15) is 24.0 Å². The van der Waals surface area contributed by atoms with Crippen molar-refractivity contribution < 1.29 is 38.6 Å². The predicted molar refractivity (Wildman–Crippen MR) is 109 cm³/mol. The minimum Gasteiger partial charge on any atom is -0.480 e. The lowest BCUT2D eigenvalue weighted by atomic mass is 9.94. The average molecular weight is 443 g/mol. The van der Waals surface area contributed by atoms with E-state index >= 15 is 0 Å². The van der Waals surface area contributed by atoms with Gasteiger partial charge in [-0.05, 0) is 12.8 Å². The number of hydrogen-bond donors (Lipinski definition) is 3. The molecular formula is C20H33N3O8. The molecule has 176 valence electrons. The summed E-state index contributed by atoms with van der Waals surface area (Å²) in [7, 11) is 0. The maximum Gasteiger partial charge on any atom is 0.325 e. The third kappa shape index (κ3) is 9.88. The van der Waals surface area contributed by atoms with Gasteiger partial charge in [-0.3, -0.25) is 28.9 Å². The molecule has 11 nitrogen and oxygen atoms in total. The number of carbonyl (C=O) groups excluding carboxylic acids is 4. The van der Waals surface area contributed by atoms with Crippen LogP contribution in [0.3, 0.4) is 0 Å². The Hall–Kier alpha value is -2.53. The number of aliphatic carboxylic acids is 1. The SMILES string of the molecule is CC(NC(=O)CCOCCOCCNC(=O)CCN1C(=O)CC(C(C)C)C1=O)C(=O)O. The number of carboxylic acid groups (broad SMARTS) is 1. The maximum absolute atomic E-state index is 12.2. The monoisotopic (exact) mass is 443 g/mol. The molecule has 1 saturated heterocycles. The summed E-state index contributed by atoms with van der Waals surface area (Å²) in [5, 5.41) is 13.7. The van der Waals surface area contributed by atoms with Gasteiger partial charge in [0.2, 0.25) is 23.6 Å². The van der Waals surface area contributed by atoms with Gasteiger partial charge in [-0.15, -0.1) is 0 Å². The van der Waals surface area contributed by atoms with Crippen molar-refractivity contribution in [3.05, 3.63) is 0 Å². The Labute approximate surface area is 181 Å². The standard InChI is InChI=1S/C20H33N3O8/c1-13(2)15-12-18(26)23(19(15)27)7-4-16(24)21-6-9-31-11-10-30-8-5-17(25)22-14(3)20(28)29/h13-15H,4-12H2,1-3H3,(H,21,24)(H,22,25)(H,28,29). The number of likely N-dealkylation sites (tertiary alicyclic amines) is 1. The number of nitrogens with one attached hydrogen (secondary N) is 2. The Morgan fingerprint density at radius 2 is 1.68 bits per heavy atom. The van der Waals surface area contributed by atoms with Crippen molar-refractivity contribution in [3.63, 3.8) is 0 Å². The van der Waals surface area contributed by atoms with Crippen molar-refractivity contribution in [2.45, 2.75) is 46.1 Å². The van der Waals surface area contributed by atoms with Crippen LogP contribution in [0.2, 0.25) is 0 Å². The fraction of sp³-hybridized carbons (Fsp3) is 0.750. The number of imide groups is 1. The molecule has 11 heteroatoms. The first kappa shape index (κ1) is 26.5. The first-order chi connectivity index (χ1) is 14.6. The van der Waals surface area contributed by atoms with Crippen LogP contribution in [-0.2, 0) is 33.4 Å². The quantitative estimate of drug-likeness (QED) is 0.227. The van der Waals surface area contributed by atoms with Crippen molar-refractivity contribution in [2.24, 2.45) is 11.8 Å². The molecule has 1 aliphatic heterocycles. The van der Waals surface area contributed by atoms with Gasteiger partial charge in [-0.2, -0.15) is 0 Å². The van der Waals surface area contributed by atoms with Crippen LogP contribution in [-0.4, -0.2) is 85.2 Å². The summed E-state index contributed by atoms with van der Waals surface area (Å²) < 4.78 is 10.5. The molecule has 1 rings (SSSR count). The van der Waals surface area contributed by atoms with Crippen LogP contribution >= 0.6 is 0 Å². The molecule has 1 fully saturated rings. The van der Waals surface area contributed by atoms with Crippen LogP contribution in [0.15, 0.2) is 0 Å². The molecular weight excluding hydrogens is 410 g/mol. The molecule has 0 aliphatic carbocycles.